The number of hydrogen-bond acceptors (Lipinski definition) is 3. The van der Waals surface area contributed by atoms with E-state index in [2.05, 4.69) is 11.9 Å². The van der Waals surface area contributed by atoms with Crippen molar-refractivity contribution < 1.29 is 14.3 Å². The van der Waals surface area contributed by atoms with Gasteiger partial charge in [0.2, 0.25) is 5.91 Å². The maximum absolute atomic E-state index is 12.4. The number of nitrogens with zero attached hydrogens (tertiary/aromatic N) is 1. The van der Waals surface area contributed by atoms with E-state index in [0.29, 0.717) is 17.9 Å². The topological polar surface area (TPSA) is 58.6 Å². The smallest absolute Gasteiger partial charge is 0.255 e. The summed E-state index contributed by atoms with van der Waals surface area (Å²) in [5.41, 5.74) is 4.36. The van der Waals surface area contributed by atoms with Crippen LogP contribution in [0.3, 0.4) is 0 Å². The van der Waals surface area contributed by atoms with E-state index >= 15 is 0 Å². The van der Waals surface area contributed by atoms with Crippen LogP contribution in [0.5, 0.6) is 0 Å². The van der Waals surface area contributed by atoms with Crippen molar-refractivity contribution in [3.8, 4) is 0 Å². The summed E-state index contributed by atoms with van der Waals surface area (Å²) < 4.78 is 5.45. The van der Waals surface area contributed by atoms with Gasteiger partial charge in [0.25, 0.3) is 5.91 Å². The third-order valence-corrected chi connectivity index (χ3v) is 4.26. The van der Waals surface area contributed by atoms with Gasteiger partial charge in [-0.05, 0) is 60.0 Å². The Bertz CT molecular complexity index is 812. The molecule has 3 rings (SSSR count). The van der Waals surface area contributed by atoms with E-state index in [-0.39, 0.29) is 11.8 Å². The molecular weight excluding hydrogens is 316 g/mol. The second kappa shape index (κ2) is 7.32. The molecule has 0 spiro atoms. The van der Waals surface area contributed by atoms with Gasteiger partial charge < -0.3 is 15.0 Å². The molecule has 1 N–H and O–H groups in total. The highest BCUT2D eigenvalue weighted by Gasteiger charge is 2.13. The first kappa shape index (κ1) is 16.9. The second-order valence-corrected chi connectivity index (χ2v) is 5.89. The molecule has 1 aliphatic heterocycles. The van der Waals surface area contributed by atoms with Gasteiger partial charge >= 0.3 is 0 Å². The van der Waals surface area contributed by atoms with Gasteiger partial charge in [-0.3, -0.25) is 9.59 Å². The highest BCUT2D eigenvalue weighted by Crippen LogP contribution is 2.22. The lowest BCUT2D eigenvalue weighted by Gasteiger charge is -2.18. The summed E-state index contributed by atoms with van der Waals surface area (Å²) in [6.07, 6.45) is 2.16. The van der Waals surface area contributed by atoms with E-state index in [1.807, 2.05) is 18.2 Å². The van der Waals surface area contributed by atoms with Crippen LogP contribution in [0.25, 0.3) is 0 Å². The summed E-state index contributed by atoms with van der Waals surface area (Å²) in [4.78, 5) is 25.5. The second-order valence-electron chi connectivity index (χ2n) is 5.89. The fourth-order valence-electron chi connectivity index (χ4n) is 2.75. The summed E-state index contributed by atoms with van der Waals surface area (Å²) in [5, 5.41) is 2.90. The molecule has 1 aliphatic rings. The number of carbonyl (C=O) groups excluding carboxylic acids is 2. The molecule has 128 valence electrons. The molecule has 0 aromatic heterocycles. The van der Waals surface area contributed by atoms with E-state index in [9.17, 15) is 9.59 Å². The van der Waals surface area contributed by atoms with Gasteiger partial charge in [0.05, 0.1) is 13.2 Å². The highest BCUT2D eigenvalue weighted by molar-refractivity contribution is 6.05. The van der Waals surface area contributed by atoms with Gasteiger partial charge in [-0.1, -0.05) is 12.6 Å². The van der Waals surface area contributed by atoms with Crippen molar-refractivity contribution in [1.29, 1.82) is 0 Å². The molecule has 0 radical (unpaired) electrons. The zero-order valence-corrected chi connectivity index (χ0v) is 14.1. The Hall–Kier alpha value is -2.92. The molecule has 0 aliphatic carbocycles. The fourth-order valence-corrected chi connectivity index (χ4v) is 2.75. The first-order valence-electron chi connectivity index (χ1n) is 8.09. The van der Waals surface area contributed by atoms with Crippen LogP contribution < -0.4 is 10.2 Å². The average molecular weight is 336 g/mol. The first-order chi connectivity index (χ1) is 12.1. The van der Waals surface area contributed by atoms with Crippen LogP contribution in [0.2, 0.25) is 0 Å². The minimum atomic E-state index is -0.200. The Balaban J connectivity index is 1.71. The predicted octanol–water partition coefficient (Wildman–Crippen LogP) is 3.16. The summed E-state index contributed by atoms with van der Waals surface area (Å²) in [6, 6.07) is 12.8. The van der Waals surface area contributed by atoms with Gasteiger partial charge in [0.15, 0.2) is 0 Å². The van der Waals surface area contributed by atoms with E-state index in [1.54, 1.807) is 31.3 Å². The Labute approximate surface area is 146 Å². The van der Waals surface area contributed by atoms with Crippen molar-refractivity contribution in [3.63, 3.8) is 0 Å². The summed E-state index contributed by atoms with van der Waals surface area (Å²) in [7, 11) is 1.66. The number of carbonyl (C=O) groups is 2. The Kier molecular flexibility index (Phi) is 4.95. The number of anilines is 2. The summed E-state index contributed by atoms with van der Waals surface area (Å²) >= 11 is 0. The SMILES string of the molecule is C=CC(=O)N(C)c1ccc(C(=O)Nc2ccc3c(c2)COCC3)cc1. The van der Waals surface area contributed by atoms with E-state index in [4.69, 9.17) is 4.74 Å². The number of likely N-dealkylation sites (N-methyl/N-ethyl adjacent to an activating group) is 1. The van der Waals surface area contributed by atoms with Gasteiger partial charge in [0, 0.05) is 24.0 Å². The van der Waals surface area contributed by atoms with Crippen molar-refractivity contribution >= 4 is 23.2 Å². The number of fused-ring (bicyclic) bond motifs is 1. The fraction of sp³-hybridized carbons (Fsp3) is 0.200. The maximum Gasteiger partial charge on any atom is 0.255 e. The van der Waals surface area contributed by atoms with E-state index in [0.717, 1.165) is 24.3 Å². The molecule has 0 fully saturated rings. The standard InChI is InChI=1S/C20H20N2O3/c1-3-19(23)22(2)18-8-5-15(6-9-18)20(24)21-17-7-4-14-10-11-25-13-16(14)12-17/h3-9,12H,1,10-11,13H2,2H3,(H,21,24). The number of rotatable bonds is 4. The lowest BCUT2D eigenvalue weighted by Crippen LogP contribution is -2.23. The average Bonchev–Trinajstić information content (AvgIpc) is 2.66. The number of amides is 2. The van der Waals surface area contributed by atoms with Crippen LogP contribution in [0.1, 0.15) is 21.5 Å². The normalized spacial score (nSPS) is 12.8. The lowest BCUT2D eigenvalue weighted by atomic mass is 10.0. The molecular formula is C20H20N2O3. The zero-order chi connectivity index (χ0) is 17.8. The molecule has 0 atom stereocenters. The third kappa shape index (κ3) is 3.78. The maximum atomic E-state index is 12.4. The minimum absolute atomic E-state index is 0.194. The van der Waals surface area contributed by atoms with Gasteiger partial charge in [-0.2, -0.15) is 0 Å². The Morgan fingerprint density at radius 3 is 2.64 bits per heavy atom. The molecule has 0 unspecified atom stereocenters. The van der Waals surface area contributed by atoms with Gasteiger partial charge in [-0.25, -0.2) is 0 Å². The monoisotopic (exact) mass is 336 g/mol. The molecule has 2 aromatic rings. The largest absolute Gasteiger partial charge is 0.376 e. The molecule has 5 heteroatoms. The molecule has 5 nitrogen and oxygen atoms in total. The summed E-state index contributed by atoms with van der Waals surface area (Å²) in [5.74, 6) is -0.394. The van der Waals surface area contributed by atoms with Crippen LogP contribution >= 0.6 is 0 Å². The first-order valence-corrected chi connectivity index (χ1v) is 8.09. The molecule has 0 bridgehead atoms. The zero-order valence-electron chi connectivity index (χ0n) is 14.1. The molecule has 0 saturated heterocycles. The van der Waals surface area contributed by atoms with Crippen LogP contribution in [0.15, 0.2) is 55.1 Å². The predicted molar refractivity (Wildman–Crippen MR) is 97.8 cm³/mol. The minimum Gasteiger partial charge on any atom is -0.376 e. The number of benzene rings is 2. The highest BCUT2D eigenvalue weighted by atomic mass is 16.5. The molecule has 25 heavy (non-hydrogen) atoms. The van der Waals surface area contributed by atoms with E-state index < -0.39 is 0 Å². The Morgan fingerprint density at radius 2 is 1.92 bits per heavy atom. The van der Waals surface area contributed by atoms with Crippen molar-refractivity contribution in [2.24, 2.45) is 0 Å². The number of nitrogens with one attached hydrogen (secondary N) is 1. The lowest BCUT2D eigenvalue weighted by molar-refractivity contribution is -0.113. The van der Waals surface area contributed by atoms with E-state index in [1.165, 1.54) is 16.5 Å². The quantitative estimate of drug-likeness (QED) is 0.873. The van der Waals surface area contributed by atoms with Crippen molar-refractivity contribution in [3.05, 3.63) is 71.8 Å². The van der Waals surface area contributed by atoms with Crippen molar-refractivity contribution in [2.75, 3.05) is 23.9 Å². The van der Waals surface area contributed by atoms with Crippen LogP contribution in [-0.2, 0) is 22.6 Å². The van der Waals surface area contributed by atoms with Gasteiger partial charge in [-0.15, -0.1) is 0 Å². The third-order valence-electron chi connectivity index (χ3n) is 4.26. The van der Waals surface area contributed by atoms with Crippen molar-refractivity contribution in [2.45, 2.75) is 13.0 Å². The Morgan fingerprint density at radius 1 is 1.16 bits per heavy atom. The molecule has 2 amide bonds. The molecule has 1 heterocycles. The van der Waals surface area contributed by atoms with Gasteiger partial charge in [0.1, 0.15) is 0 Å². The van der Waals surface area contributed by atoms with Crippen LogP contribution in [0, 0.1) is 0 Å². The van der Waals surface area contributed by atoms with Crippen molar-refractivity contribution in [1.82, 2.24) is 0 Å². The van der Waals surface area contributed by atoms with Crippen LogP contribution in [-0.4, -0.2) is 25.5 Å². The molecule has 2 aromatic carbocycles. The van der Waals surface area contributed by atoms with Crippen LogP contribution in [0.4, 0.5) is 11.4 Å². The number of ether oxygens (including phenoxy) is 1. The molecule has 0 saturated carbocycles. The summed E-state index contributed by atoms with van der Waals surface area (Å²) in [6.45, 7) is 4.79. The number of hydrogen-bond donors (Lipinski definition) is 1.